The van der Waals surface area contributed by atoms with E-state index < -0.39 is 18.0 Å². The fourth-order valence-corrected chi connectivity index (χ4v) is 5.91. The van der Waals surface area contributed by atoms with Crippen LogP contribution in [-0.2, 0) is 9.53 Å². The molecule has 0 aromatic carbocycles. The average Bonchev–Trinajstić information content (AvgIpc) is 3.21. The number of hydrogen-bond acceptors (Lipinski definition) is 4. The summed E-state index contributed by atoms with van der Waals surface area (Å²) in [5.74, 6) is -1.59. The third-order valence-corrected chi connectivity index (χ3v) is 7.87. The van der Waals surface area contributed by atoms with Gasteiger partial charge in [0.1, 0.15) is 10.7 Å². The first-order valence-corrected chi connectivity index (χ1v) is 12.8. The van der Waals surface area contributed by atoms with Crippen molar-refractivity contribution in [1.29, 1.82) is 0 Å². The van der Waals surface area contributed by atoms with Crippen LogP contribution in [0.5, 0.6) is 0 Å². The minimum atomic E-state index is -1.65. The summed E-state index contributed by atoms with van der Waals surface area (Å²) in [5, 5.41) is 9.92. The Labute approximate surface area is 198 Å². The number of carboxylic acids is 1. The SMILES string of the molecule is COC1CCC(N(C(=O)CCCC(C)C)c2cc(C3=C(F)C(F)CCC3)sc2C(=O)O)CC1. The number of rotatable bonds is 9. The molecule has 1 atom stereocenters. The summed E-state index contributed by atoms with van der Waals surface area (Å²) >= 11 is 0.941. The van der Waals surface area contributed by atoms with Gasteiger partial charge in [-0.1, -0.05) is 20.3 Å². The second kappa shape index (κ2) is 11.6. The number of nitrogens with zero attached hydrogens (tertiary/aromatic N) is 1. The Morgan fingerprint density at radius 2 is 1.94 bits per heavy atom. The van der Waals surface area contributed by atoms with Crippen LogP contribution in [0.15, 0.2) is 11.9 Å². The Morgan fingerprint density at radius 1 is 1.24 bits per heavy atom. The predicted molar refractivity (Wildman–Crippen MR) is 127 cm³/mol. The fourth-order valence-electron chi connectivity index (χ4n) is 4.85. The molecule has 1 fully saturated rings. The van der Waals surface area contributed by atoms with Gasteiger partial charge in [0.05, 0.1) is 11.8 Å². The quantitative estimate of drug-likeness (QED) is 0.421. The number of amides is 1. The molecule has 1 aromatic heterocycles. The average molecular weight is 484 g/mol. The van der Waals surface area contributed by atoms with Crippen molar-refractivity contribution in [2.24, 2.45) is 5.92 Å². The summed E-state index contributed by atoms with van der Waals surface area (Å²) in [6.45, 7) is 4.21. The molecule has 8 heteroatoms. The topological polar surface area (TPSA) is 66.8 Å². The lowest BCUT2D eigenvalue weighted by Crippen LogP contribution is -2.44. The fraction of sp³-hybridized carbons (Fsp3) is 0.680. The van der Waals surface area contributed by atoms with Gasteiger partial charge in [0.15, 0.2) is 6.17 Å². The first-order chi connectivity index (χ1) is 15.7. The standard InChI is InChI=1S/C25H35F2NO4S/c1-15(2)6-4-9-22(29)28(16-10-12-17(32-3)13-11-16)20-14-21(33-24(20)25(30)31)18-7-5-8-19(26)23(18)27/h14-17,19H,4-13H2,1-3H3,(H,30,31). The van der Waals surface area contributed by atoms with Crippen LogP contribution < -0.4 is 4.90 Å². The van der Waals surface area contributed by atoms with Gasteiger partial charge in [-0.25, -0.2) is 13.6 Å². The minimum Gasteiger partial charge on any atom is -0.477 e. The summed E-state index contributed by atoms with van der Waals surface area (Å²) in [6.07, 6.45) is 4.48. The molecule has 1 aromatic rings. The van der Waals surface area contributed by atoms with Crippen LogP contribution in [0.3, 0.4) is 0 Å². The van der Waals surface area contributed by atoms with Crippen molar-refractivity contribution in [3.05, 3.63) is 21.6 Å². The van der Waals surface area contributed by atoms with E-state index in [0.29, 0.717) is 48.6 Å². The van der Waals surface area contributed by atoms with E-state index in [1.165, 1.54) is 0 Å². The summed E-state index contributed by atoms with van der Waals surface area (Å²) in [7, 11) is 1.68. The zero-order valence-electron chi connectivity index (χ0n) is 19.7. The van der Waals surface area contributed by atoms with E-state index in [4.69, 9.17) is 4.74 Å². The van der Waals surface area contributed by atoms with Crippen molar-refractivity contribution in [2.45, 2.75) is 96.4 Å². The number of allylic oxidation sites excluding steroid dienone is 2. The summed E-state index contributed by atoms with van der Waals surface area (Å²) in [4.78, 5) is 27.6. The van der Waals surface area contributed by atoms with E-state index in [1.54, 1.807) is 18.1 Å². The van der Waals surface area contributed by atoms with Gasteiger partial charge in [-0.15, -0.1) is 11.3 Å². The summed E-state index contributed by atoms with van der Waals surface area (Å²) < 4.78 is 34.1. The zero-order chi connectivity index (χ0) is 24.1. The number of aromatic carboxylic acids is 1. The number of ether oxygens (including phenoxy) is 1. The minimum absolute atomic E-state index is 0.0114. The van der Waals surface area contributed by atoms with E-state index in [9.17, 15) is 23.5 Å². The molecular formula is C25H35F2NO4S. The molecule has 0 radical (unpaired) electrons. The van der Waals surface area contributed by atoms with Gasteiger partial charge in [-0.05, 0) is 63.4 Å². The third kappa shape index (κ3) is 6.21. The lowest BCUT2D eigenvalue weighted by atomic mass is 9.90. The van der Waals surface area contributed by atoms with Crippen molar-refractivity contribution in [3.63, 3.8) is 0 Å². The van der Waals surface area contributed by atoms with Gasteiger partial charge < -0.3 is 14.7 Å². The highest BCUT2D eigenvalue weighted by Gasteiger charge is 2.34. The molecule has 2 aliphatic carbocycles. The molecule has 1 amide bonds. The van der Waals surface area contributed by atoms with Crippen LogP contribution in [-0.4, -0.2) is 42.4 Å². The molecule has 1 N–H and O–H groups in total. The summed E-state index contributed by atoms with van der Waals surface area (Å²) in [5.41, 5.74) is 0.557. The van der Waals surface area contributed by atoms with Crippen molar-refractivity contribution in [2.75, 3.05) is 12.0 Å². The Kier molecular flexibility index (Phi) is 9.04. The number of carbonyl (C=O) groups is 2. The van der Waals surface area contributed by atoms with Crippen molar-refractivity contribution in [3.8, 4) is 0 Å². The molecule has 0 aliphatic heterocycles. The molecule has 3 rings (SSSR count). The first-order valence-electron chi connectivity index (χ1n) is 12.0. The largest absolute Gasteiger partial charge is 0.477 e. The second-order valence-corrected chi connectivity index (χ2v) is 10.6. The molecular weight excluding hydrogens is 448 g/mol. The predicted octanol–water partition coefficient (Wildman–Crippen LogP) is 6.77. The first kappa shape index (κ1) is 25.8. The van der Waals surface area contributed by atoms with Gasteiger partial charge in [0.2, 0.25) is 5.91 Å². The van der Waals surface area contributed by atoms with Crippen LogP contribution in [0.4, 0.5) is 14.5 Å². The Balaban J connectivity index is 1.97. The highest BCUT2D eigenvalue weighted by molar-refractivity contribution is 7.15. The van der Waals surface area contributed by atoms with E-state index >= 15 is 0 Å². The monoisotopic (exact) mass is 483 g/mol. The van der Waals surface area contributed by atoms with E-state index in [2.05, 4.69) is 13.8 Å². The van der Waals surface area contributed by atoms with Gasteiger partial charge in [-0.2, -0.15) is 0 Å². The molecule has 2 aliphatic rings. The van der Waals surface area contributed by atoms with Crippen LogP contribution >= 0.6 is 11.3 Å². The highest BCUT2D eigenvalue weighted by atomic mass is 32.1. The van der Waals surface area contributed by atoms with Gasteiger partial charge >= 0.3 is 5.97 Å². The van der Waals surface area contributed by atoms with Crippen LogP contribution in [0.1, 0.15) is 92.6 Å². The molecule has 1 heterocycles. The van der Waals surface area contributed by atoms with Gasteiger partial charge in [0.25, 0.3) is 0 Å². The van der Waals surface area contributed by atoms with Crippen LogP contribution in [0, 0.1) is 5.92 Å². The maximum absolute atomic E-state index is 14.6. The van der Waals surface area contributed by atoms with Crippen molar-refractivity contribution < 1.29 is 28.2 Å². The zero-order valence-corrected chi connectivity index (χ0v) is 20.6. The van der Waals surface area contributed by atoms with E-state index in [-0.39, 0.29) is 34.9 Å². The Morgan fingerprint density at radius 3 is 2.55 bits per heavy atom. The number of methoxy groups -OCH3 is 1. The molecule has 0 saturated heterocycles. The molecule has 33 heavy (non-hydrogen) atoms. The maximum Gasteiger partial charge on any atom is 0.348 e. The van der Waals surface area contributed by atoms with Gasteiger partial charge in [-0.3, -0.25) is 4.79 Å². The molecule has 1 saturated carbocycles. The molecule has 184 valence electrons. The summed E-state index contributed by atoms with van der Waals surface area (Å²) in [6, 6.07) is 1.46. The number of halogens is 2. The van der Waals surface area contributed by atoms with Crippen molar-refractivity contribution in [1.82, 2.24) is 0 Å². The number of thiophene rings is 1. The highest BCUT2D eigenvalue weighted by Crippen LogP contribution is 2.43. The number of carbonyl (C=O) groups excluding carboxylic acids is 1. The maximum atomic E-state index is 14.6. The number of alkyl halides is 1. The molecule has 1 unspecified atom stereocenters. The second-order valence-electron chi connectivity index (χ2n) is 9.53. The van der Waals surface area contributed by atoms with E-state index in [1.807, 2.05) is 0 Å². The smallest absolute Gasteiger partial charge is 0.348 e. The number of carboxylic acid groups (broad SMARTS) is 1. The number of hydrogen-bond donors (Lipinski definition) is 1. The van der Waals surface area contributed by atoms with Crippen LogP contribution in [0.2, 0.25) is 0 Å². The Hall–Kier alpha value is -1.80. The normalized spacial score (nSPS) is 23.8. The molecule has 0 spiro atoms. The Bertz CT molecular complexity index is 874. The lowest BCUT2D eigenvalue weighted by Gasteiger charge is -2.36. The molecule has 5 nitrogen and oxygen atoms in total. The van der Waals surface area contributed by atoms with Gasteiger partial charge in [0, 0.05) is 30.0 Å². The van der Waals surface area contributed by atoms with Crippen molar-refractivity contribution >= 4 is 34.5 Å². The molecule has 0 bridgehead atoms. The lowest BCUT2D eigenvalue weighted by molar-refractivity contribution is -0.119. The van der Waals surface area contributed by atoms with Crippen LogP contribution in [0.25, 0.3) is 5.57 Å². The number of anilines is 1. The third-order valence-electron chi connectivity index (χ3n) is 6.69. The van der Waals surface area contributed by atoms with E-state index in [0.717, 1.165) is 37.0 Å².